The molecule has 10 heavy (non-hydrogen) atoms. The molecule has 2 saturated heterocycles. The number of hydrogen-bond acceptors (Lipinski definition) is 2. The van der Waals surface area contributed by atoms with Crippen molar-refractivity contribution in [1.82, 2.24) is 0 Å². The zero-order chi connectivity index (χ0) is 6.98. The van der Waals surface area contributed by atoms with E-state index in [1.54, 1.807) is 0 Å². The molecule has 3 rings (SSSR count). The fourth-order valence-corrected chi connectivity index (χ4v) is 5.14. The van der Waals surface area contributed by atoms with E-state index >= 15 is 0 Å². The van der Waals surface area contributed by atoms with E-state index in [-0.39, 0.29) is 0 Å². The fourth-order valence-electron chi connectivity index (χ4n) is 1.95. The molecule has 0 bridgehead atoms. The number of thioether (sulfide) groups is 2. The van der Waals surface area contributed by atoms with Gasteiger partial charge in [0.15, 0.2) is 0 Å². The maximum absolute atomic E-state index is 2.42. The van der Waals surface area contributed by atoms with Gasteiger partial charge in [-0.05, 0) is 13.8 Å². The first-order valence-corrected chi connectivity index (χ1v) is 5.47. The Morgan fingerprint density at radius 3 is 2.90 bits per heavy atom. The van der Waals surface area contributed by atoms with Crippen LogP contribution in [-0.4, -0.2) is 20.0 Å². The van der Waals surface area contributed by atoms with Gasteiger partial charge in [-0.15, -0.1) is 23.5 Å². The van der Waals surface area contributed by atoms with Gasteiger partial charge in [0.2, 0.25) is 0 Å². The Bertz CT molecular complexity index is 235. The van der Waals surface area contributed by atoms with Crippen LogP contribution in [0, 0.1) is 0 Å². The van der Waals surface area contributed by atoms with Crippen LogP contribution in [0.4, 0.5) is 0 Å². The molecule has 4 atom stereocenters. The molecule has 0 nitrogen and oxygen atoms in total. The van der Waals surface area contributed by atoms with Crippen molar-refractivity contribution in [3.63, 3.8) is 0 Å². The Hall–Kier alpha value is 0.440. The van der Waals surface area contributed by atoms with E-state index < -0.39 is 0 Å². The standard InChI is InChI=1S/C8H10S2/c1-7-4-3-5-6(9-5)8(7,2)10-7/h3-6H,1-2H3. The van der Waals surface area contributed by atoms with Crippen LogP contribution in [0.2, 0.25) is 0 Å². The van der Waals surface area contributed by atoms with Crippen LogP contribution in [0.3, 0.4) is 0 Å². The lowest BCUT2D eigenvalue weighted by molar-refractivity contribution is 0.631. The van der Waals surface area contributed by atoms with E-state index in [1.165, 1.54) is 0 Å². The second-order valence-electron chi connectivity index (χ2n) is 3.70. The van der Waals surface area contributed by atoms with Crippen molar-refractivity contribution in [1.29, 1.82) is 0 Å². The predicted octanol–water partition coefficient (Wildman–Crippen LogP) is 2.30. The van der Waals surface area contributed by atoms with E-state index in [1.807, 2.05) is 0 Å². The molecule has 4 unspecified atom stereocenters. The Labute approximate surface area is 69.8 Å². The number of rotatable bonds is 0. The average molecular weight is 170 g/mol. The minimum Gasteiger partial charge on any atom is -0.147 e. The Balaban J connectivity index is 2.09. The van der Waals surface area contributed by atoms with Gasteiger partial charge in [-0.1, -0.05) is 12.2 Å². The molecule has 0 radical (unpaired) electrons. The molecule has 54 valence electrons. The molecule has 0 aromatic carbocycles. The topological polar surface area (TPSA) is 0 Å². The first kappa shape index (κ1) is 6.01. The van der Waals surface area contributed by atoms with Crippen LogP contribution in [0.25, 0.3) is 0 Å². The van der Waals surface area contributed by atoms with Crippen LogP contribution < -0.4 is 0 Å². The van der Waals surface area contributed by atoms with Crippen LogP contribution in [0.15, 0.2) is 12.2 Å². The summed E-state index contributed by atoms with van der Waals surface area (Å²) in [5, 5.41) is 1.83. The third kappa shape index (κ3) is 0.473. The lowest BCUT2D eigenvalue weighted by Gasteiger charge is -2.13. The summed E-state index contributed by atoms with van der Waals surface area (Å²) in [5.74, 6) is 0. The van der Waals surface area contributed by atoms with Crippen molar-refractivity contribution in [2.75, 3.05) is 0 Å². The van der Waals surface area contributed by atoms with Crippen LogP contribution in [-0.2, 0) is 0 Å². The molecule has 2 aliphatic heterocycles. The third-order valence-electron chi connectivity index (χ3n) is 3.04. The highest BCUT2D eigenvalue weighted by atomic mass is 32.2. The van der Waals surface area contributed by atoms with Gasteiger partial charge in [0.25, 0.3) is 0 Å². The second kappa shape index (κ2) is 1.34. The SMILES string of the molecule is CC12C=CC3SC3C1(C)S2. The molecular weight excluding hydrogens is 160 g/mol. The van der Waals surface area contributed by atoms with Crippen molar-refractivity contribution in [2.24, 2.45) is 0 Å². The summed E-state index contributed by atoms with van der Waals surface area (Å²) >= 11 is 4.28. The Morgan fingerprint density at radius 2 is 2.20 bits per heavy atom. The van der Waals surface area contributed by atoms with Gasteiger partial charge in [0.1, 0.15) is 0 Å². The monoisotopic (exact) mass is 170 g/mol. The quantitative estimate of drug-likeness (QED) is 0.404. The minimum atomic E-state index is 0.512. The molecule has 2 heterocycles. The average Bonchev–Trinajstić information content (AvgIpc) is 2.64. The molecule has 0 N–H and O–H groups in total. The fraction of sp³-hybridized carbons (Fsp3) is 0.750. The number of fused-ring (bicyclic) bond motifs is 3. The lowest BCUT2D eigenvalue weighted by Crippen LogP contribution is -2.27. The van der Waals surface area contributed by atoms with Crippen molar-refractivity contribution in [3.05, 3.63) is 12.2 Å². The maximum atomic E-state index is 2.42. The lowest BCUT2D eigenvalue weighted by atomic mass is 9.87. The largest absolute Gasteiger partial charge is 0.147 e. The summed E-state index contributed by atoms with van der Waals surface area (Å²) in [6.07, 6.45) is 4.82. The van der Waals surface area contributed by atoms with E-state index in [9.17, 15) is 0 Å². The highest BCUT2D eigenvalue weighted by molar-refractivity contribution is 8.14. The molecule has 0 amide bonds. The van der Waals surface area contributed by atoms with Crippen LogP contribution >= 0.6 is 23.5 Å². The molecule has 0 aromatic heterocycles. The molecule has 3 aliphatic rings. The van der Waals surface area contributed by atoms with Gasteiger partial charge < -0.3 is 0 Å². The highest BCUT2D eigenvalue weighted by Gasteiger charge is 2.72. The Morgan fingerprint density at radius 1 is 1.40 bits per heavy atom. The predicted molar refractivity (Wildman–Crippen MR) is 48.7 cm³/mol. The molecule has 1 aliphatic carbocycles. The summed E-state index contributed by atoms with van der Waals surface area (Å²) in [4.78, 5) is 0. The van der Waals surface area contributed by atoms with Crippen LogP contribution in [0.5, 0.6) is 0 Å². The summed E-state index contributed by atoms with van der Waals surface area (Å²) in [5.41, 5.74) is 0. The smallest absolute Gasteiger partial charge is 0.0473 e. The van der Waals surface area contributed by atoms with Crippen molar-refractivity contribution in [3.8, 4) is 0 Å². The zero-order valence-electron chi connectivity index (χ0n) is 6.13. The Kier molecular flexibility index (Phi) is 0.803. The first-order chi connectivity index (χ1) is 4.66. The van der Waals surface area contributed by atoms with Gasteiger partial charge in [-0.2, -0.15) is 0 Å². The molecule has 2 fully saturated rings. The van der Waals surface area contributed by atoms with Crippen molar-refractivity contribution >= 4 is 23.5 Å². The van der Waals surface area contributed by atoms with Gasteiger partial charge in [-0.25, -0.2) is 0 Å². The second-order valence-corrected chi connectivity index (χ2v) is 6.92. The van der Waals surface area contributed by atoms with Crippen molar-refractivity contribution < 1.29 is 0 Å². The summed E-state index contributed by atoms with van der Waals surface area (Å²) < 4.78 is 1.12. The van der Waals surface area contributed by atoms with Gasteiger partial charge >= 0.3 is 0 Å². The van der Waals surface area contributed by atoms with Crippen LogP contribution in [0.1, 0.15) is 13.8 Å². The molecule has 2 heteroatoms. The van der Waals surface area contributed by atoms with E-state index in [4.69, 9.17) is 0 Å². The molecule has 0 aromatic rings. The van der Waals surface area contributed by atoms with Gasteiger partial charge in [0.05, 0.1) is 0 Å². The third-order valence-corrected chi connectivity index (χ3v) is 6.56. The zero-order valence-corrected chi connectivity index (χ0v) is 7.76. The molecule has 0 saturated carbocycles. The maximum Gasteiger partial charge on any atom is 0.0473 e. The van der Waals surface area contributed by atoms with E-state index in [0.29, 0.717) is 9.49 Å². The van der Waals surface area contributed by atoms with Gasteiger partial charge in [-0.3, -0.25) is 0 Å². The normalized spacial score (nSPS) is 68.6. The summed E-state index contributed by atoms with van der Waals surface area (Å²) in [6, 6.07) is 0. The summed E-state index contributed by atoms with van der Waals surface area (Å²) in [6.45, 7) is 4.78. The molecule has 0 spiro atoms. The minimum absolute atomic E-state index is 0.512. The highest BCUT2D eigenvalue weighted by Crippen LogP contribution is 2.76. The van der Waals surface area contributed by atoms with E-state index in [2.05, 4.69) is 49.5 Å². The van der Waals surface area contributed by atoms with E-state index in [0.717, 1.165) is 10.5 Å². The van der Waals surface area contributed by atoms with Gasteiger partial charge in [0, 0.05) is 20.0 Å². The van der Waals surface area contributed by atoms with Crippen molar-refractivity contribution in [2.45, 2.75) is 33.8 Å². The molecular formula is C8H10S2. The first-order valence-electron chi connectivity index (χ1n) is 3.71. The summed E-state index contributed by atoms with van der Waals surface area (Å²) in [7, 11) is 0. The number of hydrogen-bond donors (Lipinski definition) is 0.